The van der Waals surface area contributed by atoms with Crippen molar-refractivity contribution in [2.24, 2.45) is 0 Å². The Kier molecular flexibility index (Phi) is 2.91. The van der Waals surface area contributed by atoms with Crippen molar-refractivity contribution in [1.29, 1.82) is 0 Å². The normalized spacial score (nSPS) is 19.7. The number of para-hydroxylation sites is 1. The van der Waals surface area contributed by atoms with Crippen LogP contribution in [0.15, 0.2) is 42.6 Å². The van der Waals surface area contributed by atoms with Crippen LogP contribution in [-0.2, 0) is 6.42 Å². The van der Waals surface area contributed by atoms with Gasteiger partial charge in [0.05, 0.1) is 0 Å². The summed E-state index contributed by atoms with van der Waals surface area (Å²) in [5, 5.41) is 1.27. The summed E-state index contributed by atoms with van der Waals surface area (Å²) in [4.78, 5) is 2.42. The van der Waals surface area contributed by atoms with E-state index >= 15 is 0 Å². The highest BCUT2D eigenvalue weighted by molar-refractivity contribution is 5.80. The van der Waals surface area contributed by atoms with Crippen LogP contribution in [0.3, 0.4) is 0 Å². The van der Waals surface area contributed by atoms with E-state index in [1.54, 1.807) is 0 Å². The van der Waals surface area contributed by atoms with Gasteiger partial charge in [0.2, 0.25) is 6.79 Å². The molecule has 0 amide bonds. The topological polar surface area (TPSA) is 26.6 Å². The van der Waals surface area contributed by atoms with Gasteiger partial charge in [0.1, 0.15) is 6.17 Å². The smallest absolute Gasteiger partial charge is 0.231 e. The number of ether oxygens (including phenoxy) is 2. The van der Waals surface area contributed by atoms with Gasteiger partial charge in [-0.2, -0.15) is 0 Å². The summed E-state index contributed by atoms with van der Waals surface area (Å²) < 4.78 is 13.7. The van der Waals surface area contributed by atoms with E-state index in [2.05, 4.69) is 66.0 Å². The van der Waals surface area contributed by atoms with Gasteiger partial charge in [0, 0.05) is 23.8 Å². The quantitative estimate of drug-likeness (QED) is 0.684. The van der Waals surface area contributed by atoms with Crippen LogP contribution in [0.5, 0.6) is 11.5 Å². The molecule has 0 fully saturated rings. The SMILES string of the molecule is Cc1c2c(cc3c1C(n1ccc4ccccc41)N(C)CC3)OCO2. The Morgan fingerprint density at radius 3 is 2.92 bits per heavy atom. The van der Waals surface area contributed by atoms with Gasteiger partial charge in [-0.05, 0) is 55.1 Å². The van der Waals surface area contributed by atoms with Crippen LogP contribution >= 0.6 is 0 Å². The van der Waals surface area contributed by atoms with Gasteiger partial charge >= 0.3 is 0 Å². The van der Waals surface area contributed by atoms with Crippen molar-refractivity contribution in [3.63, 3.8) is 0 Å². The second kappa shape index (κ2) is 5.02. The van der Waals surface area contributed by atoms with E-state index in [9.17, 15) is 0 Å². The van der Waals surface area contributed by atoms with Crippen LogP contribution in [0, 0.1) is 6.92 Å². The summed E-state index contributed by atoms with van der Waals surface area (Å²) in [5.41, 5.74) is 5.19. The van der Waals surface area contributed by atoms with Crippen molar-refractivity contribution < 1.29 is 9.47 Å². The first-order valence-corrected chi connectivity index (χ1v) is 8.42. The van der Waals surface area contributed by atoms with E-state index in [-0.39, 0.29) is 6.17 Å². The number of likely N-dealkylation sites (N-methyl/N-ethyl adjacent to an activating group) is 1. The average Bonchev–Trinajstić information content (AvgIpc) is 3.22. The zero-order valence-corrected chi connectivity index (χ0v) is 14.0. The third kappa shape index (κ3) is 1.83. The molecule has 24 heavy (non-hydrogen) atoms. The van der Waals surface area contributed by atoms with Crippen LogP contribution in [-0.4, -0.2) is 29.9 Å². The second-order valence-corrected chi connectivity index (χ2v) is 6.69. The molecule has 0 bridgehead atoms. The Balaban J connectivity index is 1.76. The molecule has 2 aromatic carbocycles. The maximum absolute atomic E-state index is 5.73. The van der Waals surface area contributed by atoms with Crippen LogP contribution in [0.2, 0.25) is 0 Å². The number of hydrogen-bond acceptors (Lipinski definition) is 3. The molecule has 0 aliphatic carbocycles. The molecule has 0 spiro atoms. The van der Waals surface area contributed by atoms with Crippen LogP contribution < -0.4 is 9.47 Å². The molecule has 4 heteroatoms. The van der Waals surface area contributed by atoms with Gasteiger partial charge in [-0.1, -0.05) is 18.2 Å². The minimum absolute atomic E-state index is 0.183. The van der Waals surface area contributed by atoms with E-state index in [4.69, 9.17) is 9.47 Å². The number of hydrogen-bond donors (Lipinski definition) is 0. The minimum atomic E-state index is 0.183. The van der Waals surface area contributed by atoms with Gasteiger partial charge in [-0.25, -0.2) is 0 Å². The van der Waals surface area contributed by atoms with E-state index in [0.29, 0.717) is 6.79 Å². The van der Waals surface area contributed by atoms with Gasteiger partial charge < -0.3 is 14.0 Å². The summed E-state index contributed by atoms with van der Waals surface area (Å²) in [5.74, 6) is 1.80. The number of benzene rings is 2. The van der Waals surface area contributed by atoms with Crippen molar-refractivity contribution in [2.45, 2.75) is 19.5 Å². The lowest BCUT2D eigenvalue weighted by molar-refractivity contribution is 0.173. The molecule has 3 heterocycles. The van der Waals surface area contributed by atoms with Crippen LogP contribution in [0.1, 0.15) is 22.9 Å². The molecular weight excluding hydrogens is 300 g/mol. The predicted octanol–water partition coefficient (Wildman–Crippen LogP) is 3.71. The first kappa shape index (κ1) is 13.9. The Hall–Kier alpha value is -2.46. The van der Waals surface area contributed by atoms with Crippen LogP contribution in [0.25, 0.3) is 10.9 Å². The molecule has 0 radical (unpaired) electrons. The molecule has 5 rings (SSSR count). The van der Waals surface area contributed by atoms with Crippen molar-refractivity contribution in [3.05, 3.63) is 59.3 Å². The number of aromatic nitrogens is 1. The third-order valence-corrected chi connectivity index (χ3v) is 5.34. The lowest BCUT2D eigenvalue weighted by Gasteiger charge is -2.37. The van der Waals surface area contributed by atoms with Gasteiger partial charge in [-0.15, -0.1) is 0 Å². The van der Waals surface area contributed by atoms with Crippen molar-refractivity contribution in [2.75, 3.05) is 20.4 Å². The van der Waals surface area contributed by atoms with E-state index in [1.165, 1.54) is 27.6 Å². The Morgan fingerprint density at radius 1 is 1.12 bits per heavy atom. The van der Waals surface area contributed by atoms with Crippen molar-refractivity contribution >= 4 is 10.9 Å². The zero-order valence-electron chi connectivity index (χ0n) is 14.0. The van der Waals surface area contributed by atoms with E-state index in [0.717, 1.165) is 24.5 Å². The minimum Gasteiger partial charge on any atom is -0.454 e. The molecule has 0 saturated heterocycles. The average molecular weight is 320 g/mol. The number of fused-ring (bicyclic) bond motifs is 3. The molecule has 1 unspecified atom stereocenters. The Labute approximate surface area is 141 Å². The van der Waals surface area contributed by atoms with Crippen molar-refractivity contribution in [3.8, 4) is 11.5 Å². The Morgan fingerprint density at radius 2 is 2.00 bits per heavy atom. The summed E-state index contributed by atoms with van der Waals surface area (Å²) in [6.45, 7) is 3.51. The molecule has 2 aliphatic heterocycles. The fraction of sp³-hybridized carbons (Fsp3) is 0.300. The molecule has 2 aliphatic rings. The predicted molar refractivity (Wildman–Crippen MR) is 93.7 cm³/mol. The number of nitrogens with zero attached hydrogens (tertiary/aromatic N) is 2. The lowest BCUT2D eigenvalue weighted by Crippen LogP contribution is -2.36. The van der Waals surface area contributed by atoms with Gasteiger partial charge in [-0.3, -0.25) is 4.90 Å². The van der Waals surface area contributed by atoms with Crippen LogP contribution in [0.4, 0.5) is 0 Å². The number of rotatable bonds is 1. The molecule has 1 aromatic heterocycles. The summed E-state index contributed by atoms with van der Waals surface area (Å²) in [6, 6.07) is 12.9. The third-order valence-electron chi connectivity index (χ3n) is 5.34. The van der Waals surface area contributed by atoms with E-state index in [1.807, 2.05) is 0 Å². The summed E-state index contributed by atoms with van der Waals surface area (Å²) in [6.07, 6.45) is 3.42. The summed E-state index contributed by atoms with van der Waals surface area (Å²) in [7, 11) is 2.20. The first-order valence-electron chi connectivity index (χ1n) is 8.42. The fourth-order valence-electron chi connectivity index (χ4n) is 4.16. The highest BCUT2D eigenvalue weighted by Gasteiger charge is 2.32. The Bertz CT molecular complexity index is 944. The maximum atomic E-state index is 5.73. The van der Waals surface area contributed by atoms with Gasteiger partial charge in [0.25, 0.3) is 0 Å². The molecular formula is C20H20N2O2. The second-order valence-electron chi connectivity index (χ2n) is 6.69. The molecule has 3 aromatic rings. The van der Waals surface area contributed by atoms with Gasteiger partial charge in [0.15, 0.2) is 11.5 Å². The monoisotopic (exact) mass is 320 g/mol. The molecule has 122 valence electrons. The van der Waals surface area contributed by atoms with Crippen molar-refractivity contribution in [1.82, 2.24) is 9.47 Å². The highest BCUT2D eigenvalue weighted by Crippen LogP contribution is 2.44. The first-order chi connectivity index (χ1) is 11.7. The zero-order chi connectivity index (χ0) is 16.3. The standard InChI is InChI=1S/C20H20N2O2/c1-13-18-15(11-17-19(13)24-12-23-17)7-9-21(2)20(18)22-10-8-14-5-3-4-6-16(14)22/h3-6,8,10-11,20H,7,9,12H2,1-2H3. The molecule has 0 saturated carbocycles. The fourth-order valence-corrected chi connectivity index (χ4v) is 4.16. The highest BCUT2D eigenvalue weighted by atomic mass is 16.7. The molecule has 4 nitrogen and oxygen atoms in total. The van der Waals surface area contributed by atoms with E-state index < -0.39 is 0 Å². The summed E-state index contributed by atoms with van der Waals surface area (Å²) >= 11 is 0. The molecule has 1 atom stereocenters. The largest absolute Gasteiger partial charge is 0.454 e. The maximum Gasteiger partial charge on any atom is 0.231 e. The molecule has 0 N–H and O–H groups in total. The lowest BCUT2D eigenvalue weighted by atomic mass is 9.91.